The molecule has 0 heterocycles. The first kappa shape index (κ1) is 34.6. The molecule has 236 valence electrons. The van der Waals surface area contributed by atoms with Gasteiger partial charge in [0, 0.05) is 34.8 Å². The lowest BCUT2D eigenvalue weighted by Crippen LogP contribution is -2.51. The first-order valence-corrected chi connectivity index (χ1v) is 15.9. The normalized spacial score (nSPS) is 11.9. The Morgan fingerprint density at radius 2 is 1.75 bits per heavy atom. The van der Waals surface area contributed by atoms with E-state index in [4.69, 9.17) is 27.9 Å². The lowest BCUT2D eigenvalue weighted by Gasteiger charge is -2.32. The monoisotopic (exact) mass is 664 g/mol. The van der Waals surface area contributed by atoms with Crippen molar-refractivity contribution in [3.8, 4) is 5.75 Å². The van der Waals surface area contributed by atoms with Gasteiger partial charge in [0.1, 0.15) is 18.3 Å². The quantitative estimate of drug-likeness (QED) is 0.132. The molecule has 0 radical (unpaired) electrons. The van der Waals surface area contributed by atoms with Gasteiger partial charge < -0.3 is 15.0 Å². The van der Waals surface area contributed by atoms with E-state index in [-0.39, 0.29) is 33.4 Å². The predicted molar refractivity (Wildman–Crippen MR) is 170 cm³/mol. The van der Waals surface area contributed by atoms with Crippen LogP contribution < -0.4 is 14.4 Å². The van der Waals surface area contributed by atoms with Crippen LogP contribution in [0, 0.1) is 17.0 Å². The number of hydrogen-bond acceptors (Lipinski definition) is 7. The molecule has 0 saturated heterocycles. The number of nitro groups is 1. The Balaban J connectivity index is 2.09. The van der Waals surface area contributed by atoms with Gasteiger partial charge >= 0.3 is 0 Å². The van der Waals surface area contributed by atoms with E-state index in [1.165, 1.54) is 61.4 Å². The van der Waals surface area contributed by atoms with Gasteiger partial charge in [-0.05, 0) is 68.3 Å². The van der Waals surface area contributed by atoms with Crippen LogP contribution in [0.5, 0.6) is 5.75 Å². The summed E-state index contributed by atoms with van der Waals surface area (Å²) in [5.41, 5.74) is 0.482. The first-order valence-electron chi connectivity index (χ1n) is 13.7. The van der Waals surface area contributed by atoms with Gasteiger partial charge in [0.2, 0.25) is 11.8 Å². The molecule has 3 aromatic carbocycles. The van der Waals surface area contributed by atoms with E-state index in [1.807, 2.05) is 6.92 Å². The summed E-state index contributed by atoms with van der Waals surface area (Å²) >= 11 is 12.5. The Hall–Kier alpha value is -3.87. The van der Waals surface area contributed by atoms with E-state index in [0.717, 1.165) is 23.2 Å². The number of halogens is 2. The zero-order chi connectivity index (χ0) is 32.6. The number of hydrogen-bond donors (Lipinski definition) is 1. The van der Waals surface area contributed by atoms with Crippen LogP contribution in [-0.2, 0) is 26.2 Å². The molecule has 11 nitrogen and oxygen atoms in total. The lowest BCUT2D eigenvalue weighted by atomic mass is 10.1. The number of nitrogens with one attached hydrogen (secondary N) is 1. The van der Waals surface area contributed by atoms with Crippen molar-refractivity contribution in [3.63, 3.8) is 0 Å². The Morgan fingerprint density at radius 3 is 2.34 bits per heavy atom. The molecule has 0 saturated carbocycles. The van der Waals surface area contributed by atoms with Crippen molar-refractivity contribution in [2.45, 2.75) is 51.1 Å². The number of sulfonamides is 1. The van der Waals surface area contributed by atoms with E-state index < -0.39 is 39.3 Å². The Kier molecular flexibility index (Phi) is 12.0. The highest BCUT2D eigenvalue weighted by Crippen LogP contribution is 2.30. The molecular weight excluding hydrogens is 631 g/mol. The van der Waals surface area contributed by atoms with Crippen LogP contribution in [0.1, 0.15) is 37.8 Å². The van der Waals surface area contributed by atoms with E-state index in [9.17, 15) is 28.1 Å². The van der Waals surface area contributed by atoms with Crippen LogP contribution in [0.4, 0.5) is 11.4 Å². The van der Waals surface area contributed by atoms with Crippen molar-refractivity contribution >= 4 is 56.4 Å². The molecule has 3 rings (SSSR count). The minimum Gasteiger partial charge on any atom is -0.497 e. The van der Waals surface area contributed by atoms with E-state index in [0.29, 0.717) is 22.9 Å². The highest BCUT2D eigenvalue weighted by atomic mass is 35.5. The third-order valence-corrected chi connectivity index (χ3v) is 9.31. The summed E-state index contributed by atoms with van der Waals surface area (Å²) in [5, 5.41) is 15.1. The van der Waals surface area contributed by atoms with Gasteiger partial charge in [0.05, 0.1) is 22.6 Å². The highest BCUT2D eigenvalue weighted by Gasteiger charge is 2.33. The number of amides is 2. The van der Waals surface area contributed by atoms with Gasteiger partial charge in [0.25, 0.3) is 15.7 Å². The van der Waals surface area contributed by atoms with Crippen LogP contribution in [-0.4, -0.2) is 56.3 Å². The van der Waals surface area contributed by atoms with Gasteiger partial charge in [0.15, 0.2) is 0 Å². The lowest BCUT2D eigenvalue weighted by molar-refractivity contribution is -0.385. The SMILES string of the molecule is CCCCNC(=O)C(C)N(Cc1ccc(Cl)cc1Cl)C(=O)CN(c1ccc(OC)cc1)S(=O)(=O)c1ccc(C)c([N+](=O)[O-])c1. The number of nitro benzene ring substituents is 1. The molecule has 0 bridgehead atoms. The summed E-state index contributed by atoms with van der Waals surface area (Å²) in [5.74, 6) is -0.695. The van der Waals surface area contributed by atoms with Gasteiger partial charge in [-0.2, -0.15) is 0 Å². The van der Waals surface area contributed by atoms with Gasteiger partial charge in [-0.3, -0.25) is 24.0 Å². The molecule has 2 amide bonds. The highest BCUT2D eigenvalue weighted by molar-refractivity contribution is 7.92. The molecule has 0 aliphatic rings. The molecular formula is C30H34Cl2N4O7S. The average Bonchev–Trinajstić information content (AvgIpc) is 2.99. The van der Waals surface area contributed by atoms with Crippen molar-refractivity contribution < 1.29 is 27.7 Å². The maximum Gasteiger partial charge on any atom is 0.273 e. The number of methoxy groups -OCH3 is 1. The summed E-state index contributed by atoms with van der Waals surface area (Å²) in [7, 11) is -3.08. The molecule has 3 aromatic rings. The van der Waals surface area contributed by atoms with Crippen molar-refractivity contribution in [2.24, 2.45) is 0 Å². The largest absolute Gasteiger partial charge is 0.497 e. The van der Waals surface area contributed by atoms with Crippen molar-refractivity contribution in [1.29, 1.82) is 0 Å². The fraction of sp³-hybridized carbons (Fsp3) is 0.333. The maximum atomic E-state index is 14.1. The maximum absolute atomic E-state index is 14.1. The summed E-state index contributed by atoms with van der Waals surface area (Å²) in [4.78, 5) is 38.9. The summed E-state index contributed by atoms with van der Waals surface area (Å²) in [6, 6.07) is 13.2. The number of nitrogens with zero attached hydrogens (tertiary/aromatic N) is 3. The number of anilines is 1. The number of benzene rings is 3. The summed E-state index contributed by atoms with van der Waals surface area (Å²) < 4.78 is 34.1. The van der Waals surface area contributed by atoms with Gasteiger partial charge in [-0.25, -0.2) is 8.42 Å². The zero-order valence-electron chi connectivity index (χ0n) is 24.7. The van der Waals surface area contributed by atoms with Gasteiger partial charge in [-0.1, -0.05) is 48.7 Å². The number of ether oxygens (including phenoxy) is 1. The third-order valence-electron chi connectivity index (χ3n) is 6.96. The summed E-state index contributed by atoms with van der Waals surface area (Å²) in [6.07, 6.45) is 1.59. The van der Waals surface area contributed by atoms with Crippen LogP contribution >= 0.6 is 23.2 Å². The second kappa shape index (κ2) is 15.2. The predicted octanol–water partition coefficient (Wildman–Crippen LogP) is 5.75. The number of aryl methyl sites for hydroxylation is 1. The van der Waals surface area contributed by atoms with Crippen molar-refractivity contribution in [3.05, 3.63) is 92.0 Å². The van der Waals surface area contributed by atoms with Crippen molar-refractivity contribution in [1.82, 2.24) is 10.2 Å². The third kappa shape index (κ3) is 8.40. The smallest absolute Gasteiger partial charge is 0.273 e. The Morgan fingerprint density at radius 1 is 1.07 bits per heavy atom. The molecule has 14 heteroatoms. The molecule has 0 fully saturated rings. The zero-order valence-corrected chi connectivity index (χ0v) is 27.1. The average molecular weight is 666 g/mol. The minimum absolute atomic E-state index is 0.104. The Bertz CT molecular complexity index is 1620. The fourth-order valence-electron chi connectivity index (χ4n) is 4.30. The molecule has 1 atom stereocenters. The number of carbonyl (C=O) groups is 2. The summed E-state index contributed by atoms with van der Waals surface area (Å²) in [6.45, 7) is 4.56. The fourth-order valence-corrected chi connectivity index (χ4v) is 6.21. The minimum atomic E-state index is -4.53. The topological polar surface area (TPSA) is 139 Å². The van der Waals surface area contributed by atoms with Crippen LogP contribution in [0.2, 0.25) is 10.0 Å². The van der Waals surface area contributed by atoms with Crippen LogP contribution in [0.15, 0.2) is 65.6 Å². The molecule has 1 unspecified atom stereocenters. The van der Waals surface area contributed by atoms with E-state index in [1.54, 1.807) is 19.1 Å². The van der Waals surface area contributed by atoms with Crippen molar-refractivity contribution in [2.75, 3.05) is 24.5 Å². The number of rotatable bonds is 14. The standard InChI is InChI=1S/C30H34Cl2N4O7S/c1-5-6-15-33-30(38)21(3)34(18-22-8-9-23(31)16-27(22)32)29(37)19-35(24-10-12-25(43-4)13-11-24)44(41,42)26-14-7-20(2)28(17-26)36(39)40/h7-14,16-17,21H,5-6,15,18-19H2,1-4H3,(H,33,38). The molecule has 0 spiro atoms. The van der Waals surface area contributed by atoms with E-state index in [2.05, 4.69) is 5.32 Å². The molecule has 0 aromatic heterocycles. The van der Waals surface area contributed by atoms with Crippen LogP contribution in [0.25, 0.3) is 0 Å². The van der Waals surface area contributed by atoms with Gasteiger partial charge in [-0.15, -0.1) is 0 Å². The molecule has 44 heavy (non-hydrogen) atoms. The first-order chi connectivity index (χ1) is 20.8. The number of unbranched alkanes of at least 4 members (excludes halogenated alkanes) is 1. The molecule has 0 aliphatic carbocycles. The Labute approximate surface area is 266 Å². The molecule has 1 N–H and O–H groups in total. The molecule has 0 aliphatic heterocycles. The second-order valence-electron chi connectivity index (χ2n) is 9.99. The second-order valence-corrected chi connectivity index (χ2v) is 12.7. The number of carbonyl (C=O) groups excluding carboxylic acids is 2. The van der Waals surface area contributed by atoms with E-state index >= 15 is 0 Å². The van der Waals surface area contributed by atoms with Crippen LogP contribution in [0.3, 0.4) is 0 Å².